The van der Waals surface area contributed by atoms with Crippen molar-refractivity contribution < 1.29 is 4.79 Å². The van der Waals surface area contributed by atoms with Gasteiger partial charge in [-0.05, 0) is 27.8 Å². The van der Waals surface area contributed by atoms with Crippen LogP contribution in [0.3, 0.4) is 0 Å². The molecule has 0 aliphatic rings. The van der Waals surface area contributed by atoms with Gasteiger partial charge in [0.25, 0.3) is 0 Å². The van der Waals surface area contributed by atoms with Crippen LogP contribution >= 0.6 is 0 Å². The van der Waals surface area contributed by atoms with Crippen molar-refractivity contribution in [1.82, 2.24) is 9.80 Å². The van der Waals surface area contributed by atoms with Crippen LogP contribution in [0.1, 0.15) is 27.2 Å². The molecule has 0 aliphatic heterocycles. The van der Waals surface area contributed by atoms with E-state index in [-0.39, 0.29) is 11.9 Å². The molecule has 0 heterocycles. The summed E-state index contributed by atoms with van der Waals surface area (Å²) in [5.74, 6) is 0.139. The first-order valence-corrected chi connectivity index (χ1v) is 5.44. The summed E-state index contributed by atoms with van der Waals surface area (Å²) in [6, 6.07) is 1.94. The molecule has 0 aliphatic carbocycles. The summed E-state index contributed by atoms with van der Waals surface area (Å²) in [5.41, 5.74) is 0. The van der Waals surface area contributed by atoms with Gasteiger partial charge in [0.15, 0.2) is 0 Å². The number of likely N-dealkylation sites (N-methyl/N-ethyl adjacent to an activating group) is 2. The molecule has 0 aromatic heterocycles. The second kappa shape index (κ2) is 7.24. The van der Waals surface area contributed by atoms with Gasteiger partial charge in [-0.3, -0.25) is 9.69 Å². The van der Waals surface area contributed by atoms with Gasteiger partial charge >= 0.3 is 0 Å². The third-order valence-corrected chi connectivity index (χ3v) is 2.67. The van der Waals surface area contributed by atoms with E-state index in [1.807, 2.05) is 37.6 Å². The lowest BCUT2D eigenvalue weighted by molar-refractivity contribution is -0.135. The molecular formula is C11H21N3O. The maximum Gasteiger partial charge on any atom is 0.239 e. The number of hydrogen-bond donors (Lipinski definition) is 0. The molecule has 0 rings (SSSR count). The summed E-state index contributed by atoms with van der Waals surface area (Å²) in [7, 11) is 1.88. The van der Waals surface area contributed by atoms with Crippen molar-refractivity contribution in [3.05, 3.63) is 0 Å². The average Bonchev–Trinajstić information content (AvgIpc) is 2.26. The van der Waals surface area contributed by atoms with Gasteiger partial charge in [-0.2, -0.15) is 5.26 Å². The first kappa shape index (κ1) is 13.9. The first-order chi connectivity index (χ1) is 7.08. The number of rotatable bonds is 6. The fourth-order valence-electron chi connectivity index (χ4n) is 1.41. The molecule has 1 amide bonds. The van der Waals surface area contributed by atoms with Crippen molar-refractivity contribution in [2.45, 2.75) is 33.2 Å². The Morgan fingerprint density at radius 1 is 1.40 bits per heavy atom. The van der Waals surface area contributed by atoms with E-state index in [0.717, 1.165) is 13.1 Å². The zero-order valence-corrected chi connectivity index (χ0v) is 10.2. The van der Waals surface area contributed by atoms with Gasteiger partial charge in [0.1, 0.15) is 0 Å². The minimum atomic E-state index is -0.141. The molecule has 0 N–H and O–H groups in total. The van der Waals surface area contributed by atoms with Crippen LogP contribution in [0.4, 0.5) is 0 Å². The number of nitrogens with zero attached hydrogens (tertiary/aromatic N) is 3. The standard InChI is InChI=1S/C11H21N3O/c1-5-14(6-2)11(15)10(3)13(4)9-7-8-12/h10H,5-7,9H2,1-4H3. The minimum Gasteiger partial charge on any atom is -0.342 e. The van der Waals surface area contributed by atoms with Crippen LogP contribution in [-0.2, 0) is 4.79 Å². The molecule has 86 valence electrons. The topological polar surface area (TPSA) is 47.3 Å². The number of carbonyl (C=O) groups excluding carboxylic acids is 1. The average molecular weight is 211 g/mol. The molecule has 1 atom stereocenters. The monoisotopic (exact) mass is 211 g/mol. The van der Waals surface area contributed by atoms with E-state index >= 15 is 0 Å². The lowest BCUT2D eigenvalue weighted by Crippen LogP contribution is -2.45. The number of hydrogen-bond acceptors (Lipinski definition) is 3. The van der Waals surface area contributed by atoms with Crippen LogP contribution in [0.2, 0.25) is 0 Å². The molecule has 0 radical (unpaired) electrons. The minimum absolute atomic E-state index is 0.139. The van der Waals surface area contributed by atoms with Crippen molar-refractivity contribution in [3.63, 3.8) is 0 Å². The highest BCUT2D eigenvalue weighted by atomic mass is 16.2. The Bertz CT molecular complexity index is 230. The van der Waals surface area contributed by atoms with Gasteiger partial charge in [0, 0.05) is 26.1 Å². The van der Waals surface area contributed by atoms with Crippen molar-refractivity contribution in [3.8, 4) is 6.07 Å². The Kier molecular flexibility index (Phi) is 6.72. The van der Waals surface area contributed by atoms with Gasteiger partial charge in [-0.15, -0.1) is 0 Å². The molecule has 0 bridgehead atoms. The molecule has 15 heavy (non-hydrogen) atoms. The van der Waals surface area contributed by atoms with Gasteiger partial charge in [0.05, 0.1) is 12.1 Å². The summed E-state index contributed by atoms with van der Waals surface area (Å²) >= 11 is 0. The molecule has 1 unspecified atom stereocenters. The van der Waals surface area contributed by atoms with E-state index in [1.54, 1.807) is 0 Å². The third kappa shape index (κ3) is 4.30. The smallest absolute Gasteiger partial charge is 0.239 e. The third-order valence-electron chi connectivity index (χ3n) is 2.67. The lowest BCUT2D eigenvalue weighted by atomic mass is 10.2. The van der Waals surface area contributed by atoms with E-state index in [0.29, 0.717) is 13.0 Å². The van der Waals surface area contributed by atoms with E-state index in [2.05, 4.69) is 6.07 Å². The van der Waals surface area contributed by atoms with Crippen LogP contribution in [-0.4, -0.2) is 48.4 Å². The van der Waals surface area contributed by atoms with Crippen molar-refractivity contribution in [2.24, 2.45) is 0 Å². The van der Waals surface area contributed by atoms with Crippen LogP contribution in [0.25, 0.3) is 0 Å². The van der Waals surface area contributed by atoms with E-state index in [4.69, 9.17) is 5.26 Å². The molecule has 4 nitrogen and oxygen atoms in total. The number of amides is 1. The quantitative estimate of drug-likeness (QED) is 0.660. The Morgan fingerprint density at radius 3 is 2.33 bits per heavy atom. The molecule has 0 saturated heterocycles. The van der Waals surface area contributed by atoms with Gasteiger partial charge in [-0.1, -0.05) is 0 Å². The number of carbonyl (C=O) groups is 1. The molecule has 0 aromatic carbocycles. The maximum absolute atomic E-state index is 11.9. The molecule has 0 spiro atoms. The predicted octanol–water partition coefficient (Wildman–Crippen LogP) is 1.09. The maximum atomic E-state index is 11.9. The zero-order chi connectivity index (χ0) is 11.8. The number of nitriles is 1. The summed E-state index contributed by atoms with van der Waals surface area (Å²) in [4.78, 5) is 15.6. The molecular weight excluding hydrogens is 190 g/mol. The SMILES string of the molecule is CCN(CC)C(=O)C(C)N(C)CCC#N. The fourth-order valence-corrected chi connectivity index (χ4v) is 1.41. The van der Waals surface area contributed by atoms with Crippen LogP contribution < -0.4 is 0 Å². The largest absolute Gasteiger partial charge is 0.342 e. The Hall–Kier alpha value is -1.08. The van der Waals surface area contributed by atoms with Gasteiger partial charge in [0.2, 0.25) is 5.91 Å². The van der Waals surface area contributed by atoms with Crippen LogP contribution in [0.5, 0.6) is 0 Å². The zero-order valence-electron chi connectivity index (χ0n) is 10.2. The van der Waals surface area contributed by atoms with Gasteiger partial charge < -0.3 is 4.90 Å². The molecule has 4 heteroatoms. The summed E-state index contributed by atoms with van der Waals surface area (Å²) < 4.78 is 0. The first-order valence-electron chi connectivity index (χ1n) is 5.44. The second-order valence-corrected chi connectivity index (χ2v) is 3.58. The molecule has 0 aromatic rings. The molecule has 0 saturated carbocycles. The molecule has 0 fully saturated rings. The summed E-state index contributed by atoms with van der Waals surface area (Å²) in [6.07, 6.45) is 0.465. The lowest BCUT2D eigenvalue weighted by Gasteiger charge is -2.28. The fraction of sp³-hybridized carbons (Fsp3) is 0.818. The highest BCUT2D eigenvalue weighted by Gasteiger charge is 2.21. The Morgan fingerprint density at radius 2 is 1.93 bits per heavy atom. The van der Waals surface area contributed by atoms with Crippen molar-refractivity contribution >= 4 is 5.91 Å². The Balaban J connectivity index is 4.23. The van der Waals surface area contributed by atoms with Crippen LogP contribution in [0.15, 0.2) is 0 Å². The second-order valence-electron chi connectivity index (χ2n) is 3.58. The highest BCUT2D eigenvalue weighted by molar-refractivity contribution is 5.81. The van der Waals surface area contributed by atoms with Crippen LogP contribution in [0, 0.1) is 11.3 Å². The van der Waals surface area contributed by atoms with Gasteiger partial charge in [-0.25, -0.2) is 0 Å². The summed E-state index contributed by atoms with van der Waals surface area (Å²) in [6.45, 7) is 7.97. The van der Waals surface area contributed by atoms with E-state index in [1.165, 1.54) is 0 Å². The van der Waals surface area contributed by atoms with Crippen molar-refractivity contribution in [1.29, 1.82) is 5.26 Å². The van der Waals surface area contributed by atoms with Crippen molar-refractivity contribution in [2.75, 3.05) is 26.7 Å². The summed E-state index contributed by atoms with van der Waals surface area (Å²) in [5, 5.41) is 8.47. The normalized spacial score (nSPS) is 12.3. The van der Waals surface area contributed by atoms with E-state index in [9.17, 15) is 4.79 Å². The predicted molar refractivity (Wildman–Crippen MR) is 60.3 cm³/mol. The van der Waals surface area contributed by atoms with E-state index < -0.39 is 0 Å². The highest BCUT2D eigenvalue weighted by Crippen LogP contribution is 2.02. The Labute approximate surface area is 92.5 Å².